The Kier molecular flexibility index (Phi) is 6.86. The number of methoxy groups -OCH3 is 1. The minimum Gasteiger partial charge on any atom is -0.496 e. The summed E-state index contributed by atoms with van der Waals surface area (Å²) < 4.78 is 24.2. The smallest absolute Gasteiger partial charge is 0.253 e. The summed E-state index contributed by atoms with van der Waals surface area (Å²) in [5.41, 5.74) is 6.13. The second-order valence-corrected chi connectivity index (χ2v) is 8.89. The molecule has 0 spiro atoms. The molecule has 0 unspecified atom stereocenters. The Balaban J connectivity index is 1.40. The third-order valence-electron chi connectivity index (χ3n) is 5.98. The average Bonchev–Trinajstić information content (AvgIpc) is 2.95. The van der Waals surface area contributed by atoms with Crippen LogP contribution in [0.25, 0.3) is 10.9 Å². The van der Waals surface area contributed by atoms with E-state index in [1.165, 1.54) is 13.2 Å². The van der Waals surface area contributed by atoms with Crippen molar-refractivity contribution < 1.29 is 18.7 Å². The largest absolute Gasteiger partial charge is 0.496 e. The second-order valence-electron chi connectivity index (χ2n) is 8.48. The third kappa shape index (κ3) is 4.97. The monoisotopic (exact) mass is 546 g/mol. The van der Waals surface area contributed by atoms with Gasteiger partial charge in [0.2, 0.25) is 0 Å². The molecule has 11 heteroatoms. The lowest BCUT2D eigenvalue weighted by molar-refractivity contribution is 0.0997. The van der Waals surface area contributed by atoms with Crippen LogP contribution in [0.5, 0.6) is 17.2 Å². The van der Waals surface area contributed by atoms with Gasteiger partial charge in [0.05, 0.1) is 28.9 Å². The number of nitrogens with one attached hydrogen (secondary N) is 2. The number of nitrogens with two attached hydrogens (primary N) is 1. The summed E-state index contributed by atoms with van der Waals surface area (Å²) in [6, 6.07) is 15.9. The van der Waals surface area contributed by atoms with Gasteiger partial charge in [0, 0.05) is 29.4 Å². The highest BCUT2D eigenvalue weighted by molar-refractivity contribution is 6.33. The number of benzene rings is 3. The van der Waals surface area contributed by atoms with Crippen LogP contribution in [0.1, 0.15) is 15.9 Å². The standard InChI is InChI=1S/C28H20ClFN4O5/c1-38-23-12-21-17(11-18(23)28(31)37)22(7-8-32-21)39-16-5-6-20(19(29)10-16)34-25-24(26(35)27(25)36)33-15-4-2-3-14(9-15)13-30/h2-12,33-34H,13H2,1H3,(H2,31,37). The summed E-state index contributed by atoms with van der Waals surface area (Å²) in [6.45, 7) is -0.660. The normalized spacial score (nSPS) is 10.9. The highest BCUT2D eigenvalue weighted by Gasteiger charge is 2.22. The van der Waals surface area contributed by atoms with Crippen LogP contribution >= 0.6 is 11.6 Å². The van der Waals surface area contributed by atoms with Crippen LogP contribution in [-0.2, 0) is 6.67 Å². The first-order valence-electron chi connectivity index (χ1n) is 11.5. The number of hydrogen-bond acceptors (Lipinski definition) is 8. The SMILES string of the molecule is COc1cc2nccc(Oc3ccc(Nc4c(Nc5cccc(CF)c5)c(=O)c4=O)c(Cl)c3)c2cc1C(N)=O. The number of carbonyl (C=O) groups excluding carboxylic acids is 1. The zero-order valence-electron chi connectivity index (χ0n) is 20.4. The Morgan fingerprint density at radius 3 is 2.46 bits per heavy atom. The van der Waals surface area contributed by atoms with Crippen molar-refractivity contribution in [2.75, 3.05) is 17.7 Å². The Bertz CT molecular complexity index is 1820. The molecule has 0 aliphatic rings. The van der Waals surface area contributed by atoms with Crippen molar-refractivity contribution in [3.8, 4) is 17.2 Å². The molecule has 9 nitrogen and oxygen atoms in total. The van der Waals surface area contributed by atoms with Crippen LogP contribution in [0, 0.1) is 0 Å². The van der Waals surface area contributed by atoms with Gasteiger partial charge in [-0.05, 0) is 42.0 Å². The van der Waals surface area contributed by atoms with Crippen molar-refractivity contribution in [3.05, 3.63) is 103 Å². The van der Waals surface area contributed by atoms with E-state index in [2.05, 4.69) is 15.6 Å². The maximum absolute atomic E-state index is 13.0. The fraction of sp³-hybridized carbons (Fsp3) is 0.0714. The van der Waals surface area contributed by atoms with Gasteiger partial charge in [-0.1, -0.05) is 23.7 Å². The number of carbonyl (C=O) groups is 1. The molecule has 5 rings (SSSR count). The molecule has 0 atom stereocenters. The van der Waals surface area contributed by atoms with E-state index in [1.54, 1.807) is 60.8 Å². The van der Waals surface area contributed by atoms with Crippen LogP contribution in [0.2, 0.25) is 5.02 Å². The molecule has 0 fully saturated rings. The summed E-state index contributed by atoms with van der Waals surface area (Å²) in [6.07, 6.45) is 1.54. The van der Waals surface area contributed by atoms with Gasteiger partial charge in [0.25, 0.3) is 16.8 Å². The van der Waals surface area contributed by atoms with Gasteiger partial charge in [-0.3, -0.25) is 19.4 Å². The fourth-order valence-electron chi connectivity index (χ4n) is 4.03. The number of fused-ring (bicyclic) bond motifs is 1. The molecule has 4 aromatic carbocycles. The summed E-state index contributed by atoms with van der Waals surface area (Å²) in [5, 5.41) is 6.50. The number of amides is 1. The molecular formula is C28H20ClFN4O5. The molecule has 39 heavy (non-hydrogen) atoms. The molecule has 4 N–H and O–H groups in total. The molecule has 1 heterocycles. The lowest BCUT2D eigenvalue weighted by Gasteiger charge is -2.17. The second kappa shape index (κ2) is 10.4. The van der Waals surface area contributed by atoms with Crippen molar-refractivity contribution in [1.29, 1.82) is 0 Å². The molecular weight excluding hydrogens is 527 g/mol. The van der Waals surface area contributed by atoms with E-state index in [9.17, 15) is 18.8 Å². The Morgan fingerprint density at radius 2 is 1.77 bits per heavy atom. The van der Waals surface area contributed by atoms with E-state index >= 15 is 0 Å². The number of alkyl halides is 1. The Labute approximate surface area is 225 Å². The zero-order chi connectivity index (χ0) is 27.7. The summed E-state index contributed by atoms with van der Waals surface area (Å²) in [5.74, 6) is 0.386. The van der Waals surface area contributed by atoms with E-state index in [0.29, 0.717) is 45.1 Å². The maximum atomic E-state index is 13.0. The van der Waals surface area contributed by atoms with Gasteiger partial charge in [0.15, 0.2) is 0 Å². The van der Waals surface area contributed by atoms with Crippen molar-refractivity contribution in [2.45, 2.75) is 6.67 Å². The van der Waals surface area contributed by atoms with Crippen LogP contribution in [0.4, 0.5) is 27.1 Å². The van der Waals surface area contributed by atoms with Gasteiger partial charge in [-0.25, -0.2) is 4.39 Å². The van der Waals surface area contributed by atoms with Crippen molar-refractivity contribution in [3.63, 3.8) is 0 Å². The number of nitrogens with zero attached hydrogens (tertiary/aromatic N) is 1. The number of rotatable bonds is 9. The molecule has 1 amide bonds. The molecule has 1 aromatic heterocycles. The highest BCUT2D eigenvalue weighted by Crippen LogP contribution is 2.36. The topological polar surface area (TPSA) is 133 Å². The lowest BCUT2D eigenvalue weighted by atomic mass is 10.1. The number of anilines is 4. The Hall–Kier alpha value is -4.96. The lowest BCUT2D eigenvalue weighted by Crippen LogP contribution is -2.35. The molecule has 0 aliphatic heterocycles. The van der Waals surface area contributed by atoms with Crippen LogP contribution < -0.4 is 36.7 Å². The fourth-order valence-corrected chi connectivity index (χ4v) is 4.25. The van der Waals surface area contributed by atoms with Crippen molar-refractivity contribution >= 4 is 51.2 Å². The predicted octanol–water partition coefficient (Wildman–Crippen LogP) is 5.34. The Morgan fingerprint density at radius 1 is 1.00 bits per heavy atom. The molecule has 0 radical (unpaired) electrons. The van der Waals surface area contributed by atoms with Crippen molar-refractivity contribution in [2.24, 2.45) is 5.73 Å². The average molecular weight is 547 g/mol. The van der Waals surface area contributed by atoms with Gasteiger partial charge in [-0.15, -0.1) is 0 Å². The van der Waals surface area contributed by atoms with Crippen LogP contribution in [0.3, 0.4) is 0 Å². The summed E-state index contributed by atoms with van der Waals surface area (Å²) >= 11 is 6.46. The first-order valence-corrected chi connectivity index (χ1v) is 11.9. The molecule has 0 saturated heterocycles. The number of halogens is 2. The molecule has 0 bridgehead atoms. The van der Waals surface area contributed by atoms with E-state index in [1.807, 2.05) is 0 Å². The molecule has 196 valence electrons. The van der Waals surface area contributed by atoms with Crippen molar-refractivity contribution in [1.82, 2.24) is 4.98 Å². The van der Waals surface area contributed by atoms with Gasteiger partial charge >= 0.3 is 0 Å². The zero-order valence-corrected chi connectivity index (χ0v) is 21.1. The number of aromatic nitrogens is 1. The maximum Gasteiger partial charge on any atom is 0.253 e. The summed E-state index contributed by atoms with van der Waals surface area (Å²) in [4.78, 5) is 40.6. The number of hydrogen-bond donors (Lipinski definition) is 3. The molecule has 0 aliphatic carbocycles. The van der Waals surface area contributed by atoms with Crippen LogP contribution in [0.15, 0.2) is 76.4 Å². The van der Waals surface area contributed by atoms with Gasteiger partial charge in [-0.2, -0.15) is 0 Å². The first-order chi connectivity index (χ1) is 18.8. The van der Waals surface area contributed by atoms with E-state index < -0.39 is 23.4 Å². The van der Waals surface area contributed by atoms with E-state index in [4.69, 9.17) is 26.8 Å². The van der Waals surface area contributed by atoms with E-state index in [0.717, 1.165) is 0 Å². The van der Waals surface area contributed by atoms with E-state index in [-0.39, 0.29) is 22.0 Å². The van der Waals surface area contributed by atoms with Gasteiger partial charge in [0.1, 0.15) is 35.3 Å². The minimum absolute atomic E-state index is 0.0364. The summed E-state index contributed by atoms with van der Waals surface area (Å²) in [7, 11) is 1.43. The predicted molar refractivity (Wildman–Crippen MR) is 148 cm³/mol. The van der Waals surface area contributed by atoms with Gasteiger partial charge < -0.3 is 25.8 Å². The minimum atomic E-state index is -0.709. The number of pyridine rings is 1. The quantitative estimate of drug-likeness (QED) is 0.211. The highest BCUT2D eigenvalue weighted by atomic mass is 35.5. The first kappa shape index (κ1) is 25.7. The number of ether oxygens (including phenoxy) is 2. The molecule has 0 saturated carbocycles. The third-order valence-corrected chi connectivity index (χ3v) is 6.29. The number of primary amides is 1. The van der Waals surface area contributed by atoms with Crippen LogP contribution in [-0.4, -0.2) is 18.0 Å². The molecule has 5 aromatic rings.